The molecule has 0 atom stereocenters. The highest BCUT2D eigenvalue weighted by Gasteiger charge is 2.32. The molecule has 0 spiro atoms. The van der Waals surface area contributed by atoms with Crippen LogP contribution in [0, 0.1) is 0 Å². The summed E-state index contributed by atoms with van der Waals surface area (Å²) in [6.07, 6.45) is 11.7. The summed E-state index contributed by atoms with van der Waals surface area (Å²) in [6, 6.07) is 8.18. The maximum atomic E-state index is 13.1. The Morgan fingerprint density at radius 1 is 0.862 bits per heavy atom. The lowest BCUT2D eigenvalue weighted by molar-refractivity contribution is -0.141. The van der Waals surface area contributed by atoms with E-state index in [0.717, 1.165) is 25.7 Å². The Labute approximate surface area is 176 Å². The highest BCUT2D eigenvalue weighted by Crippen LogP contribution is 2.30. The summed E-state index contributed by atoms with van der Waals surface area (Å²) in [6.45, 7) is 6.28. The Balaban J connectivity index is 1.62. The second-order valence-corrected chi connectivity index (χ2v) is 9.79. The van der Waals surface area contributed by atoms with Crippen LogP contribution in [0.1, 0.15) is 101 Å². The van der Waals surface area contributed by atoms with Gasteiger partial charge in [-0.05, 0) is 48.8 Å². The molecule has 29 heavy (non-hydrogen) atoms. The topological polar surface area (TPSA) is 46.6 Å². The van der Waals surface area contributed by atoms with Gasteiger partial charge in [0, 0.05) is 12.1 Å². The zero-order valence-corrected chi connectivity index (χ0v) is 18.4. The maximum absolute atomic E-state index is 13.1. The number of ether oxygens (including phenoxy) is 1. The Morgan fingerprint density at radius 3 is 1.79 bits per heavy atom. The molecule has 1 aromatic rings. The largest absolute Gasteiger partial charge is 0.452 e. The molecule has 0 N–H and O–H groups in total. The maximum Gasteiger partial charge on any atom is 0.338 e. The minimum absolute atomic E-state index is 0.0107. The van der Waals surface area contributed by atoms with E-state index >= 15 is 0 Å². The first kappa shape index (κ1) is 21.9. The minimum Gasteiger partial charge on any atom is -0.452 e. The first-order chi connectivity index (χ1) is 13.9. The van der Waals surface area contributed by atoms with Gasteiger partial charge < -0.3 is 9.64 Å². The van der Waals surface area contributed by atoms with Crippen molar-refractivity contribution < 1.29 is 14.3 Å². The van der Waals surface area contributed by atoms with Crippen LogP contribution in [-0.2, 0) is 14.9 Å². The van der Waals surface area contributed by atoms with E-state index in [9.17, 15) is 9.59 Å². The van der Waals surface area contributed by atoms with E-state index in [1.807, 2.05) is 12.1 Å². The van der Waals surface area contributed by atoms with E-state index in [-0.39, 0.29) is 17.9 Å². The SMILES string of the molecule is CC(C)(C)c1ccc(C(=O)OCC(=O)N(C2CCCCC2)C2CCCCC2)cc1. The van der Waals surface area contributed by atoms with E-state index in [1.165, 1.54) is 44.1 Å². The molecule has 2 aliphatic carbocycles. The van der Waals surface area contributed by atoms with Crippen LogP contribution in [0.25, 0.3) is 0 Å². The van der Waals surface area contributed by atoms with Crippen LogP contribution in [0.3, 0.4) is 0 Å². The first-order valence-corrected chi connectivity index (χ1v) is 11.4. The van der Waals surface area contributed by atoms with Crippen molar-refractivity contribution in [3.8, 4) is 0 Å². The number of benzene rings is 1. The molecule has 2 saturated carbocycles. The molecule has 4 nitrogen and oxygen atoms in total. The van der Waals surface area contributed by atoms with Crippen molar-refractivity contribution in [1.29, 1.82) is 0 Å². The lowest BCUT2D eigenvalue weighted by atomic mass is 9.87. The number of hydrogen-bond donors (Lipinski definition) is 0. The molecule has 2 fully saturated rings. The Bertz CT molecular complexity index is 659. The van der Waals surface area contributed by atoms with Crippen molar-refractivity contribution in [2.45, 2.75) is 102 Å². The number of hydrogen-bond acceptors (Lipinski definition) is 3. The quantitative estimate of drug-likeness (QED) is 0.602. The lowest BCUT2D eigenvalue weighted by Gasteiger charge is -2.41. The molecule has 0 aromatic heterocycles. The number of nitrogens with zero attached hydrogens (tertiary/aromatic N) is 1. The highest BCUT2D eigenvalue weighted by molar-refractivity contribution is 5.91. The summed E-state index contributed by atoms with van der Waals surface area (Å²) in [7, 11) is 0. The van der Waals surface area contributed by atoms with E-state index in [0.29, 0.717) is 17.6 Å². The summed E-state index contributed by atoms with van der Waals surface area (Å²) in [5.41, 5.74) is 1.72. The van der Waals surface area contributed by atoms with Gasteiger partial charge in [-0.15, -0.1) is 0 Å². The monoisotopic (exact) mass is 399 g/mol. The van der Waals surface area contributed by atoms with Crippen LogP contribution in [-0.4, -0.2) is 35.5 Å². The Morgan fingerprint density at radius 2 is 1.34 bits per heavy atom. The van der Waals surface area contributed by atoms with E-state index in [4.69, 9.17) is 4.74 Å². The van der Waals surface area contributed by atoms with Crippen molar-refractivity contribution in [3.63, 3.8) is 0 Å². The average Bonchev–Trinajstić information content (AvgIpc) is 2.73. The van der Waals surface area contributed by atoms with Crippen molar-refractivity contribution in [1.82, 2.24) is 4.90 Å². The fourth-order valence-corrected chi connectivity index (χ4v) is 4.82. The highest BCUT2D eigenvalue weighted by atomic mass is 16.5. The van der Waals surface area contributed by atoms with Crippen molar-refractivity contribution in [3.05, 3.63) is 35.4 Å². The van der Waals surface area contributed by atoms with E-state index in [1.54, 1.807) is 12.1 Å². The van der Waals surface area contributed by atoms with Crippen molar-refractivity contribution >= 4 is 11.9 Å². The van der Waals surface area contributed by atoms with Crippen LogP contribution in [0.15, 0.2) is 24.3 Å². The van der Waals surface area contributed by atoms with Gasteiger partial charge in [0.2, 0.25) is 0 Å². The molecule has 0 heterocycles. The molecule has 0 unspecified atom stereocenters. The van der Waals surface area contributed by atoms with Crippen molar-refractivity contribution in [2.75, 3.05) is 6.61 Å². The zero-order valence-electron chi connectivity index (χ0n) is 18.4. The van der Waals surface area contributed by atoms with E-state index < -0.39 is 5.97 Å². The fourth-order valence-electron chi connectivity index (χ4n) is 4.82. The fraction of sp³-hybridized carbons (Fsp3) is 0.680. The standard InChI is InChI=1S/C25H37NO3/c1-25(2,3)20-16-14-19(15-17-20)24(28)29-18-23(27)26(21-10-6-4-7-11-21)22-12-8-5-9-13-22/h14-17,21-22H,4-13,18H2,1-3H3. The molecule has 1 amide bonds. The predicted octanol–water partition coefficient (Wildman–Crippen LogP) is 5.63. The molecule has 0 aliphatic heterocycles. The second kappa shape index (κ2) is 9.77. The van der Waals surface area contributed by atoms with Crippen LogP contribution < -0.4 is 0 Å². The number of esters is 1. The molecule has 0 saturated heterocycles. The smallest absolute Gasteiger partial charge is 0.338 e. The summed E-state index contributed by atoms with van der Waals surface area (Å²) >= 11 is 0. The minimum atomic E-state index is -0.411. The zero-order chi connectivity index (χ0) is 20.9. The number of rotatable bonds is 5. The molecule has 2 aliphatic rings. The van der Waals surface area contributed by atoms with Gasteiger partial charge in [-0.1, -0.05) is 71.4 Å². The second-order valence-electron chi connectivity index (χ2n) is 9.79. The summed E-state index contributed by atoms with van der Waals surface area (Å²) in [5, 5.41) is 0. The molecule has 0 radical (unpaired) electrons. The number of amides is 1. The van der Waals surface area contributed by atoms with Crippen LogP contribution in [0.4, 0.5) is 0 Å². The van der Waals surface area contributed by atoms with Gasteiger partial charge in [-0.3, -0.25) is 4.79 Å². The van der Waals surface area contributed by atoms with Gasteiger partial charge in [0.25, 0.3) is 5.91 Å². The van der Waals surface area contributed by atoms with Gasteiger partial charge in [0.15, 0.2) is 6.61 Å². The summed E-state index contributed by atoms with van der Waals surface area (Å²) < 4.78 is 5.45. The van der Waals surface area contributed by atoms with Gasteiger partial charge in [0.05, 0.1) is 5.56 Å². The first-order valence-electron chi connectivity index (χ1n) is 11.4. The summed E-state index contributed by atoms with van der Waals surface area (Å²) in [4.78, 5) is 27.7. The number of carbonyl (C=O) groups excluding carboxylic acids is 2. The molecule has 4 heteroatoms. The molecule has 0 bridgehead atoms. The average molecular weight is 400 g/mol. The normalized spacial score (nSPS) is 19.0. The molecule has 1 aromatic carbocycles. The lowest BCUT2D eigenvalue weighted by Crippen LogP contribution is -2.50. The Hall–Kier alpha value is -1.84. The van der Waals surface area contributed by atoms with E-state index in [2.05, 4.69) is 25.7 Å². The Kier molecular flexibility index (Phi) is 7.37. The third-order valence-electron chi connectivity index (χ3n) is 6.54. The van der Waals surface area contributed by atoms with Crippen molar-refractivity contribution in [2.24, 2.45) is 0 Å². The van der Waals surface area contributed by atoms with Crippen LogP contribution >= 0.6 is 0 Å². The third-order valence-corrected chi connectivity index (χ3v) is 6.54. The molecule has 160 valence electrons. The third kappa shape index (κ3) is 5.83. The van der Waals surface area contributed by atoms with Crippen LogP contribution in [0.2, 0.25) is 0 Å². The van der Waals surface area contributed by atoms with Crippen LogP contribution in [0.5, 0.6) is 0 Å². The summed E-state index contributed by atoms with van der Waals surface area (Å²) in [5.74, 6) is -0.422. The van der Waals surface area contributed by atoms with Gasteiger partial charge in [-0.2, -0.15) is 0 Å². The van der Waals surface area contributed by atoms with Gasteiger partial charge >= 0.3 is 5.97 Å². The molecule has 3 rings (SSSR count). The van der Waals surface area contributed by atoms with Gasteiger partial charge in [0.1, 0.15) is 0 Å². The number of carbonyl (C=O) groups is 2. The predicted molar refractivity (Wildman–Crippen MR) is 116 cm³/mol. The van der Waals surface area contributed by atoms with Gasteiger partial charge in [-0.25, -0.2) is 4.79 Å². The molecular formula is C25H37NO3. The molecular weight excluding hydrogens is 362 g/mol.